The molecule has 0 unspecified atom stereocenters. The lowest BCUT2D eigenvalue weighted by atomic mass is 10.1. The molecule has 2 N–H and O–H groups in total. The minimum absolute atomic E-state index is 0.0948. The Kier molecular flexibility index (Phi) is 4.75. The second-order valence-corrected chi connectivity index (χ2v) is 5.93. The number of benzene rings is 1. The van der Waals surface area contributed by atoms with Crippen LogP contribution in [0.25, 0.3) is 22.6 Å². The Bertz CT molecular complexity index is 1100. The van der Waals surface area contributed by atoms with Crippen molar-refractivity contribution in [1.82, 2.24) is 25.1 Å². The zero-order valence-electron chi connectivity index (χ0n) is 14.6. The molecule has 3 heterocycles. The Morgan fingerprint density at radius 2 is 2.00 bits per heavy atom. The topological polar surface area (TPSA) is 114 Å². The maximum atomic E-state index is 11.1. The van der Waals surface area contributed by atoms with Crippen LogP contribution in [0.15, 0.2) is 67.3 Å². The van der Waals surface area contributed by atoms with Crippen LogP contribution in [0.5, 0.6) is 5.75 Å². The van der Waals surface area contributed by atoms with Crippen molar-refractivity contribution in [2.75, 3.05) is 0 Å². The molecule has 0 aliphatic heterocycles. The molecule has 28 heavy (non-hydrogen) atoms. The average molecular weight is 373 g/mol. The first-order valence-electron chi connectivity index (χ1n) is 8.42. The van der Waals surface area contributed by atoms with Gasteiger partial charge in [0.15, 0.2) is 5.69 Å². The van der Waals surface area contributed by atoms with Crippen LogP contribution in [0.3, 0.4) is 0 Å². The normalized spacial score (nSPS) is 10.6. The predicted octanol–water partition coefficient (Wildman–Crippen LogP) is 3.21. The van der Waals surface area contributed by atoms with Gasteiger partial charge in [0.2, 0.25) is 0 Å². The summed E-state index contributed by atoms with van der Waals surface area (Å²) in [5.74, 6) is -0.471. The molecule has 0 radical (unpaired) electrons. The lowest BCUT2D eigenvalue weighted by Gasteiger charge is -2.08. The number of hydrogen-bond donors (Lipinski definition) is 2. The third kappa shape index (κ3) is 3.85. The minimum Gasteiger partial charge on any atom is -0.487 e. The van der Waals surface area contributed by atoms with Gasteiger partial charge in [-0.25, -0.2) is 9.78 Å². The van der Waals surface area contributed by atoms with Crippen LogP contribution in [0, 0.1) is 0 Å². The lowest BCUT2D eigenvalue weighted by Crippen LogP contribution is -2.02. The van der Waals surface area contributed by atoms with Crippen LogP contribution in [0.2, 0.25) is 0 Å². The van der Waals surface area contributed by atoms with Gasteiger partial charge in [0, 0.05) is 11.8 Å². The van der Waals surface area contributed by atoms with Crippen LogP contribution in [-0.2, 0) is 6.61 Å². The van der Waals surface area contributed by atoms with Crippen molar-refractivity contribution < 1.29 is 14.6 Å². The SMILES string of the molecule is O=C(O)c1cncc(-c2cccc(COc3ccc(-c4ccn[nH]4)nc3)c2)n1. The van der Waals surface area contributed by atoms with Crippen molar-refractivity contribution in [3.63, 3.8) is 0 Å². The summed E-state index contributed by atoms with van der Waals surface area (Å²) in [5, 5.41) is 15.8. The van der Waals surface area contributed by atoms with E-state index in [9.17, 15) is 4.79 Å². The molecule has 4 rings (SSSR count). The highest BCUT2D eigenvalue weighted by molar-refractivity contribution is 5.85. The second kappa shape index (κ2) is 7.67. The molecule has 8 nitrogen and oxygen atoms in total. The van der Waals surface area contributed by atoms with E-state index in [1.165, 1.54) is 12.4 Å². The summed E-state index contributed by atoms with van der Waals surface area (Å²) >= 11 is 0. The quantitative estimate of drug-likeness (QED) is 0.533. The van der Waals surface area contributed by atoms with Gasteiger partial charge < -0.3 is 9.84 Å². The highest BCUT2D eigenvalue weighted by Gasteiger charge is 2.08. The number of nitrogens with zero attached hydrogens (tertiary/aromatic N) is 4. The number of aromatic nitrogens is 5. The number of carboxylic acids is 1. The first kappa shape index (κ1) is 17.3. The number of nitrogens with one attached hydrogen (secondary N) is 1. The Labute approximate surface area is 159 Å². The molecule has 0 bridgehead atoms. The highest BCUT2D eigenvalue weighted by Crippen LogP contribution is 2.21. The van der Waals surface area contributed by atoms with E-state index >= 15 is 0 Å². The van der Waals surface area contributed by atoms with E-state index < -0.39 is 5.97 Å². The summed E-state index contributed by atoms with van der Waals surface area (Å²) in [7, 11) is 0. The molecule has 0 spiro atoms. The van der Waals surface area contributed by atoms with E-state index in [1.807, 2.05) is 42.5 Å². The molecule has 0 aliphatic carbocycles. The lowest BCUT2D eigenvalue weighted by molar-refractivity contribution is 0.0690. The van der Waals surface area contributed by atoms with Crippen molar-refractivity contribution >= 4 is 5.97 Å². The first-order chi connectivity index (χ1) is 13.7. The molecule has 0 amide bonds. The largest absolute Gasteiger partial charge is 0.487 e. The molecular formula is C20H15N5O3. The number of pyridine rings is 1. The Morgan fingerprint density at radius 1 is 1.07 bits per heavy atom. The standard InChI is InChI=1S/C20H15N5O3/c26-20(27)19-11-21-10-18(24-19)14-3-1-2-13(8-14)12-28-15-4-5-16(22-9-15)17-6-7-23-25-17/h1-11H,12H2,(H,23,25)(H,26,27). The minimum atomic E-state index is -1.11. The van der Waals surface area contributed by atoms with E-state index in [4.69, 9.17) is 9.84 Å². The molecule has 8 heteroatoms. The van der Waals surface area contributed by atoms with Gasteiger partial charge in [-0.3, -0.25) is 15.1 Å². The molecule has 4 aromatic rings. The Hall–Kier alpha value is -4.07. The molecule has 1 aromatic carbocycles. The maximum Gasteiger partial charge on any atom is 0.356 e. The number of H-pyrrole nitrogens is 1. The molecule has 0 saturated heterocycles. The van der Waals surface area contributed by atoms with E-state index in [-0.39, 0.29) is 5.69 Å². The molecule has 3 aromatic heterocycles. The van der Waals surface area contributed by atoms with Gasteiger partial charge in [-0.1, -0.05) is 18.2 Å². The third-order valence-electron chi connectivity index (χ3n) is 3.99. The van der Waals surface area contributed by atoms with Gasteiger partial charge in [-0.05, 0) is 29.8 Å². The number of ether oxygens (including phenoxy) is 1. The van der Waals surface area contributed by atoms with E-state index in [2.05, 4.69) is 25.1 Å². The number of aromatic amines is 1. The van der Waals surface area contributed by atoms with Gasteiger partial charge in [0.1, 0.15) is 12.4 Å². The van der Waals surface area contributed by atoms with Crippen LogP contribution >= 0.6 is 0 Å². The van der Waals surface area contributed by atoms with Crippen molar-refractivity contribution in [1.29, 1.82) is 0 Å². The van der Waals surface area contributed by atoms with E-state index in [0.29, 0.717) is 18.1 Å². The van der Waals surface area contributed by atoms with Crippen molar-refractivity contribution in [2.24, 2.45) is 0 Å². The van der Waals surface area contributed by atoms with Crippen LogP contribution in [0.4, 0.5) is 0 Å². The monoisotopic (exact) mass is 373 g/mol. The zero-order valence-corrected chi connectivity index (χ0v) is 14.6. The summed E-state index contributed by atoms with van der Waals surface area (Å²) in [5.41, 5.74) is 3.70. The summed E-state index contributed by atoms with van der Waals surface area (Å²) in [6.45, 7) is 0.338. The summed E-state index contributed by atoms with van der Waals surface area (Å²) in [6, 6.07) is 13.1. The second-order valence-electron chi connectivity index (χ2n) is 5.93. The van der Waals surface area contributed by atoms with Gasteiger partial charge in [0.05, 0.1) is 35.7 Å². The summed E-state index contributed by atoms with van der Waals surface area (Å²) in [6.07, 6.45) is 6.08. The average Bonchev–Trinajstić information content (AvgIpc) is 3.28. The molecule has 0 saturated carbocycles. The highest BCUT2D eigenvalue weighted by atomic mass is 16.5. The Balaban J connectivity index is 1.47. The number of rotatable bonds is 6. The predicted molar refractivity (Wildman–Crippen MR) is 101 cm³/mol. The van der Waals surface area contributed by atoms with Gasteiger partial charge >= 0.3 is 5.97 Å². The molecule has 0 fully saturated rings. The van der Waals surface area contributed by atoms with E-state index in [1.54, 1.807) is 12.4 Å². The van der Waals surface area contributed by atoms with Gasteiger partial charge in [-0.2, -0.15) is 5.10 Å². The van der Waals surface area contributed by atoms with Crippen molar-refractivity contribution in [3.05, 3.63) is 78.5 Å². The number of carboxylic acid groups (broad SMARTS) is 1. The number of aromatic carboxylic acids is 1. The smallest absolute Gasteiger partial charge is 0.356 e. The van der Waals surface area contributed by atoms with Crippen LogP contribution in [-0.4, -0.2) is 36.2 Å². The molecule has 0 aliphatic rings. The number of hydrogen-bond acceptors (Lipinski definition) is 6. The molecular weight excluding hydrogens is 358 g/mol. The maximum absolute atomic E-state index is 11.1. The van der Waals surface area contributed by atoms with Gasteiger partial charge in [0.25, 0.3) is 0 Å². The van der Waals surface area contributed by atoms with E-state index in [0.717, 1.165) is 22.5 Å². The number of carbonyl (C=O) groups is 1. The van der Waals surface area contributed by atoms with Gasteiger partial charge in [-0.15, -0.1) is 0 Å². The Morgan fingerprint density at radius 3 is 2.75 bits per heavy atom. The van der Waals surface area contributed by atoms with Crippen molar-refractivity contribution in [2.45, 2.75) is 6.61 Å². The first-order valence-corrected chi connectivity index (χ1v) is 8.42. The fourth-order valence-electron chi connectivity index (χ4n) is 2.62. The summed E-state index contributed by atoms with van der Waals surface area (Å²) in [4.78, 5) is 23.5. The van der Waals surface area contributed by atoms with Crippen molar-refractivity contribution in [3.8, 4) is 28.4 Å². The van der Waals surface area contributed by atoms with Crippen LogP contribution < -0.4 is 4.74 Å². The summed E-state index contributed by atoms with van der Waals surface area (Å²) < 4.78 is 5.80. The fourth-order valence-corrected chi connectivity index (χ4v) is 2.62. The zero-order chi connectivity index (χ0) is 19.3. The fraction of sp³-hybridized carbons (Fsp3) is 0.0500. The molecule has 138 valence electrons. The third-order valence-corrected chi connectivity index (χ3v) is 3.99. The molecule has 0 atom stereocenters. The van der Waals surface area contributed by atoms with Crippen LogP contribution in [0.1, 0.15) is 16.1 Å².